The SMILES string of the molecule is NNC(c1ccsc1)c1ccncc1F. The Labute approximate surface area is 90.7 Å². The molecule has 0 fully saturated rings. The van der Waals surface area contributed by atoms with E-state index in [4.69, 9.17) is 5.84 Å². The summed E-state index contributed by atoms with van der Waals surface area (Å²) >= 11 is 1.55. The summed E-state index contributed by atoms with van der Waals surface area (Å²) < 4.78 is 13.5. The van der Waals surface area contributed by atoms with Gasteiger partial charge in [-0.2, -0.15) is 11.3 Å². The molecule has 0 bridgehead atoms. The molecule has 0 saturated heterocycles. The van der Waals surface area contributed by atoms with Crippen molar-refractivity contribution in [1.29, 1.82) is 0 Å². The smallest absolute Gasteiger partial charge is 0.146 e. The van der Waals surface area contributed by atoms with Crippen molar-refractivity contribution in [3.63, 3.8) is 0 Å². The lowest BCUT2D eigenvalue weighted by atomic mass is 10.0. The van der Waals surface area contributed by atoms with Crippen LogP contribution in [0.25, 0.3) is 0 Å². The molecular weight excluding hydrogens is 213 g/mol. The second-order valence-corrected chi connectivity index (χ2v) is 3.83. The summed E-state index contributed by atoms with van der Waals surface area (Å²) in [7, 11) is 0. The average molecular weight is 223 g/mol. The molecule has 0 aliphatic rings. The number of nitrogens with one attached hydrogen (secondary N) is 1. The second kappa shape index (κ2) is 4.48. The van der Waals surface area contributed by atoms with Crippen LogP contribution in [0.4, 0.5) is 4.39 Å². The number of halogens is 1. The van der Waals surface area contributed by atoms with Gasteiger partial charge in [0.05, 0.1) is 12.2 Å². The van der Waals surface area contributed by atoms with Crippen LogP contribution >= 0.6 is 11.3 Å². The summed E-state index contributed by atoms with van der Waals surface area (Å²) in [4.78, 5) is 3.70. The predicted octanol–water partition coefficient (Wildman–Crippen LogP) is 1.83. The van der Waals surface area contributed by atoms with Crippen LogP contribution in [-0.2, 0) is 0 Å². The lowest BCUT2D eigenvalue weighted by Crippen LogP contribution is -2.29. The number of pyridine rings is 1. The average Bonchev–Trinajstić information content (AvgIpc) is 2.75. The maximum atomic E-state index is 13.5. The van der Waals surface area contributed by atoms with Gasteiger partial charge in [0.2, 0.25) is 0 Å². The zero-order chi connectivity index (χ0) is 10.7. The Bertz CT molecular complexity index is 430. The van der Waals surface area contributed by atoms with Crippen LogP contribution in [0.2, 0.25) is 0 Å². The third kappa shape index (κ3) is 2.04. The molecule has 0 aliphatic carbocycles. The molecule has 2 aromatic heterocycles. The van der Waals surface area contributed by atoms with Crippen molar-refractivity contribution in [3.05, 3.63) is 52.2 Å². The van der Waals surface area contributed by atoms with Crippen LogP contribution in [0.3, 0.4) is 0 Å². The van der Waals surface area contributed by atoms with E-state index in [1.165, 1.54) is 6.20 Å². The third-order valence-electron chi connectivity index (χ3n) is 2.16. The Morgan fingerprint density at radius 1 is 1.47 bits per heavy atom. The third-order valence-corrected chi connectivity index (χ3v) is 2.86. The Hall–Kier alpha value is -1.30. The van der Waals surface area contributed by atoms with Gasteiger partial charge in [-0.25, -0.2) is 9.82 Å². The van der Waals surface area contributed by atoms with Crippen LogP contribution in [0.1, 0.15) is 17.2 Å². The van der Waals surface area contributed by atoms with Gasteiger partial charge in [0.25, 0.3) is 0 Å². The van der Waals surface area contributed by atoms with Gasteiger partial charge in [-0.1, -0.05) is 0 Å². The van der Waals surface area contributed by atoms with E-state index >= 15 is 0 Å². The molecule has 78 valence electrons. The van der Waals surface area contributed by atoms with E-state index in [-0.39, 0.29) is 11.9 Å². The number of hydrazine groups is 1. The van der Waals surface area contributed by atoms with Crippen molar-refractivity contribution in [2.45, 2.75) is 6.04 Å². The minimum atomic E-state index is -0.355. The van der Waals surface area contributed by atoms with Crippen LogP contribution in [0, 0.1) is 5.82 Å². The first kappa shape index (κ1) is 10.2. The molecule has 2 rings (SSSR count). The van der Waals surface area contributed by atoms with Gasteiger partial charge < -0.3 is 0 Å². The van der Waals surface area contributed by atoms with Crippen molar-refractivity contribution in [2.75, 3.05) is 0 Å². The number of aromatic nitrogens is 1. The number of hydrogen-bond donors (Lipinski definition) is 2. The number of nitrogens with zero attached hydrogens (tertiary/aromatic N) is 1. The van der Waals surface area contributed by atoms with Gasteiger partial charge in [0, 0.05) is 11.8 Å². The monoisotopic (exact) mass is 223 g/mol. The van der Waals surface area contributed by atoms with Gasteiger partial charge in [-0.05, 0) is 28.5 Å². The van der Waals surface area contributed by atoms with Crippen molar-refractivity contribution >= 4 is 11.3 Å². The number of rotatable bonds is 3. The molecule has 0 saturated carbocycles. The molecule has 0 amide bonds. The van der Waals surface area contributed by atoms with E-state index in [9.17, 15) is 4.39 Å². The summed E-state index contributed by atoms with van der Waals surface area (Å²) in [6.07, 6.45) is 2.74. The van der Waals surface area contributed by atoms with Crippen LogP contribution < -0.4 is 11.3 Å². The van der Waals surface area contributed by atoms with E-state index < -0.39 is 0 Å². The molecule has 2 heterocycles. The summed E-state index contributed by atoms with van der Waals surface area (Å²) in [5, 5.41) is 3.86. The van der Waals surface area contributed by atoms with E-state index in [0.717, 1.165) is 5.56 Å². The van der Waals surface area contributed by atoms with Gasteiger partial charge in [-0.3, -0.25) is 10.8 Å². The van der Waals surface area contributed by atoms with Crippen LogP contribution in [0.5, 0.6) is 0 Å². The van der Waals surface area contributed by atoms with Gasteiger partial charge in [0.1, 0.15) is 5.82 Å². The van der Waals surface area contributed by atoms with Crippen molar-refractivity contribution in [1.82, 2.24) is 10.4 Å². The topological polar surface area (TPSA) is 50.9 Å². The zero-order valence-corrected chi connectivity index (χ0v) is 8.67. The minimum Gasteiger partial charge on any atom is -0.271 e. The molecule has 0 aliphatic heterocycles. The molecule has 1 unspecified atom stereocenters. The zero-order valence-electron chi connectivity index (χ0n) is 7.85. The maximum absolute atomic E-state index is 13.5. The normalized spacial score (nSPS) is 12.7. The first-order chi connectivity index (χ1) is 7.33. The number of hydrogen-bond acceptors (Lipinski definition) is 4. The van der Waals surface area contributed by atoms with E-state index in [1.807, 2.05) is 16.8 Å². The molecule has 0 radical (unpaired) electrons. The Kier molecular flexibility index (Phi) is 3.05. The van der Waals surface area contributed by atoms with Crippen molar-refractivity contribution in [3.8, 4) is 0 Å². The fourth-order valence-electron chi connectivity index (χ4n) is 1.42. The van der Waals surface area contributed by atoms with E-state index in [0.29, 0.717) is 5.56 Å². The van der Waals surface area contributed by atoms with Crippen LogP contribution in [0.15, 0.2) is 35.3 Å². The summed E-state index contributed by atoms with van der Waals surface area (Å²) in [5.74, 6) is 5.08. The molecule has 0 aromatic carbocycles. The number of thiophene rings is 1. The highest BCUT2D eigenvalue weighted by atomic mass is 32.1. The highest BCUT2D eigenvalue weighted by Crippen LogP contribution is 2.24. The highest BCUT2D eigenvalue weighted by Gasteiger charge is 2.16. The first-order valence-electron chi connectivity index (χ1n) is 4.40. The molecule has 3 nitrogen and oxygen atoms in total. The minimum absolute atomic E-state index is 0.320. The van der Waals surface area contributed by atoms with E-state index in [1.54, 1.807) is 23.6 Å². The molecule has 5 heteroatoms. The Morgan fingerprint density at radius 2 is 2.33 bits per heavy atom. The molecule has 1 atom stereocenters. The summed E-state index contributed by atoms with van der Waals surface area (Å²) in [6, 6.07) is 3.21. The Balaban J connectivity index is 2.40. The predicted molar refractivity (Wildman–Crippen MR) is 57.7 cm³/mol. The van der Waals surface area contributed by atoms with Crippen LogP contribution in [-0.4, -0.2) is 4.98 Å². The fourth-order valence-corrected chi connectivity index (χ4v) is 2.11. The molecule has 0 spiro atoms. The maximum Gasteiger partial charge on any atom is 0.146 e. The first-order valence-corrected chi connectivity index (χ1v) is 5.35. The van der Waals surface area contributed by atoms with Gasteiger partial charge in [0.15, 0.2) is 0 Å². The largest absolute Gasteiger partial charge is 0.271 e. The molecule has 2 aromatic rings. The van der Waals surface area contributed by atoms with Crippen molar-refractivity contribution in [2.24, 2.45) is 5.84 Å². The van der Waals surface area contributed by atoms with Gasteiger partial charge in [-0.15, -0.1) is 0 Å². The quantitative estimate of drug-likeness (QED) is 0.616. The van der Waals surface area contributed by atoms with Crippen molar-refractivity contribution < 1.29 is 4.39 Å². The fraction of sp³-hybridized carbons (Fsp3) is 0.100. The summed E-state index contributed by atoms with van der Waals surface area (Å²) in [6.45, 7) is 0. The van der Waals surface area contributed by atoms with E-state index in [2.05, 4.69) is 10.4 Å². The molecular formula is C10H10FN3S. The lowest BCUT2D eigenvalue weighted by molar-refractivity contribution is 0.556. The molecule has 15 heavy (non-hydrogen) atoms. The summed E-state index contributed by atoms with van der Waals surface area (Å²) in [5.41, 5.74) is 4.06. The van der Waals surface area contributed by atoms with Gasteiger partial charge >= 0.3 is 0 Å². The highest BCUT2D eigenvalue weighted by molar-refractivity contribution is 7.08. The number of nitrogens with two attached hydrogens (primary N) is 1. The molecule has 3 N–H and O–H groups in total. The lowest BCUT2D eigenvalue weighted by Gasteiger charge is -2.15. The standard InChI is InChI=1S/C10H10FN3S/c11-9-5-13-3-1-8(9)10(14-12)7-2-4-15-6-7/h1-6,10,14H,12H2. The second-order valence-electron chi connectivity index (χ2n) is 3.05. The Morgan fingerprint density at radius 3 is 2.93 bits per heavy atom.